The minimum atomic E-state index is -0.314. The van der Waals surface area contributed by atoms with E-state index in [1.54, 1.807) is 13.2 Å². The second kappa shape index (κ2) is 5.75. The van der Waals surface area contributed by atoms with Crippen molar-refractivity contribution in [2.45, 2.75) is 38.6 Å². The monoisotopic (exact) mass is 278 g/mol. The fourth-order valence-corrected chi connectivity index (χ4v) is 2.13. The highest BCUT2D eigenvalue weighted by molar-refractivity contribution is 5.97. The number of carbonyl (C=O) groups is 1. The number of nitrogens with zero attached hydrogens (tertiary/aromatic N) is 2. The van der Waals surface area contributed by atoms with Gasteiger partial charge >= 0.3 is 0 Å². The molecule has 1 aliphatic heterocycles. The number of carbonyl (C=O) groups excluding carboxylic acids is 1. The molecule has 1 aromatic heterocycles. The first-order valence-corrected chi connectivity index (χ1v) is 6.90. The SMILES string of the molecule is CNc1cnc(C(C)C)nc1C(=O)NC1(C)CCOC1. The van der Waals surface area contributed by atoms with Gasteiger partial charge in [-0.2, -0.15) is 0 Å². The van der Waals surface area contributed by atoms with E-state index in [1.165, 1.54) is 0 Å². The maximum atomic E-state index is 12.5. The second-order valence-electron chi connectivity index (χ2n) is 5.71. The Labute approximate surface area is 119 Å². The molecule has 1 unspecified atom stereocenters. The van der Waals surface area contributed by atoms with Crippen molar-refractivity contribution in [1.82, 2.24) is 15.3 Å². The van der Waals surface area contributed by atoms with Crippen molar-refractivity contribution in [1.29, 1.82) is 0 Å². The molecular formula is C14H22N4O2. The van der Waals surface area contributed by atoms with Crippen molar-refractivity contribution in [3.8, 4) is 0 Å². The lowest BCUT2D eigenvalue weighted by molar-refractivity contribution is 0.0885. The van der Waals surface area contributed by atoms with Gasteiger partial charge in [-0.3, -0.25) is 4.79 Å². The van der Waals surface area contributed by atoms with Crippen LogP contribution >= 0.6 is 0 Å². The summed E-state index contributed by atoms with van der Waals surface area (Å²) in [7, 11) is 1.75. The largest absolute Gasteiger partial charge is 0.385 e. The molecule has 2 N–H and O–H groups in total. The van der Waals surface area contributed by atoms with Crippen LogP contribution < -0.4 is 10.6 Å². The normalized spacial score (nSPS) is 22.1. The first-order chi connectivity index (χ1) is 9.45. The molecule has 1 fully saturated rings. The summed E-state index contributed by atoms with van der Waals surface area (Å²) >= 11 is 0. The second-order valence-corrected chi connectivity index (χ2v) is 5.71. The van der Waals surface area contributed by atoms with Gasteiger partial charge in [-0.15, -0.1) is 0 Å². The topological polar surface area (TPSA) is 76.1 Å². The Balaban J connectivity index is 2.25. The van der Waals surface area contributed by atoms with Crippen LogP contribution in [-0.2, 0) is 4.74 Å². The van der Waals surface area contributed by atoms with E-state index in [-0.39, 0.29) is 17.4 Å². The molecule has 1 aliphatic rings. The van der Waals surface area contributed by atoms with E-state index >= 15 is 0 Å². The fraction of sp³-hybridized carbons (Fsp3) is 0.643. The van der Waals surface area contributed by atoms with E-state index in [4.69, 9.17) is 4.74 Å². The maximum Gasteiger partial charge on any atom is 0.272 e. The van der Waals surface area contributed by atoms with E-state index in [0.29, 0.717) is 30.4 Å². The molecule has 1 aromatic rings. The van der Waals surface area contributed by atoms with Gasteiger partial charge in [0.25, 0.3) is 5.91 Å². The molecule has 2 heterocycles. The molecule has 20 heavy (non-hydrogen) atoms. The molecule has 1 saturated heterocycles. The molecule has 0 spiro atoms. The lowest BCUT2D eigenvalue weighted by Gasteiger charge is -2.24. The highest BCUT2D eigenvalue weighted by Crippen LogP contribution is 2.20. The average Bonchev–Trinajstić information content (AvgIpc) is 2.84. The van der Waals surface area contributed by atoms with Crippen molar-refractivity contribution < 1.29 is 9.53 Å². The van der Waals surface area contributed by atoms with Crippen molar-refractivity contribution >= 4 is 11.6 Å². The highest BCUT2D eigenvalue weighted by Gasteiger charge is 2.32. The van der Waals surface area contributed by atoms with Gasteiger partial charge in [0.05, 0.1) is 24.0 Å². The molecular weight excluding hydrogens is 256 g/mol. The maximum absolute atomic E-state index is 12.5. The third-order valence-corrected chi connectivity index (χ3v) is 3.44. The zero-order valence-electron chi connectivity index (χ0n) is 12.5. The third-order valence-electron chi connectivity index (χ3n) is 3.44. The van der Waals surface area contributed by atoms with Crippen LogP contribution in [0.3, 0.4) is 0 Å². The van der Waals surface area contributed by atoms with Gasteiger partial charge in [0.1, 0.15) is 5.82 Å². The molecule has 6 nitrogen and oxygen atoms in total. The minimum absolute atomic E-state index is 0.179. The Morgan fingerprint density at radius 2 is 2.25 bits per heavy atom. The van der Waals surface area contributed by atoms with Crippen molar-refractivity contribution in [3.05, 3.63) is 17.7 Å². The number of amides is 1. The first-order valence-electron chi connectivity index (χ1n) is 6.90. The number of hydrogen-bond acceptors (Lipinski definition) is 5. The Morgan fingerprint density at radius 1 is 1.50 bits per heavy atom. The summed E-state index contributed by atoms with van der Waals surface area (Å²) in [5.74, 6) is 0.659. The van der Waals surface area contributed by atoms with Gasteiger partial charge < -0.3 is 15.4 Å². The van der Waals surface area contributed by atoms with Gasteiger partial charge in [0, 0.05) is 19.6 Å². The number of anilines is 1. The summed E-state index contributed by atoms with van der Waals surface area (Å²) in [6, 6.07) is 0. The molecule has 0 radical (unpaired) electrons. The smallest absolute Gasteiger partial charge is 0.272 e. The molecule has 0 bridgehead atoms. The number of aromatic nitrogens is 2. The standard InChI is InChI=1S/C14H22N4O2/c1-9(2)12-16-7-10(15-4)11(17-12)13(19)18-14(3)5-6-20-8-14/h7,9,15H,5-6,8H2,1-4H3,(H,18,19). The Bertz CT molecular complexity index is 496. The van der Waals surface area contributed by atoms with Crippen LogP contribution in [0.25, 0.3) is 0 Å². The summed E-state index contributed by atoms with van der Waals surface area (Å²) in [4.78, 5) is 21.1. The van der Waals surface area contributed by atoms with E-state index < -0.39 is 0 Å². The summed E-state index contributed by atoms with van der Waals surface area (Å²) in [6.45, 7) is 7.21. The van der Waals surface area contributed by atoms with Crippen LogP contribution in [0.15, 0.2) is 6.20 Å². The van der Waals surface area contributed by atoms with Crippen molar-refractivity contribution in [2.75, 3.05) is 25.6 Å². The molecule has 110 valence electrons. The van der Waals surface area contributed by atoms with Crippen molar-refractivity contribution in [3.63, 3.8) is 0 Å². The van der Waals surface area contributed by atoms with Gasteiger partial charge in [0.2, 0.25) is 0 Å². The van der Waals surface area contributed by atoms with Crippen LogP contribution in [-0.4, -0.2) is 41.7 Å². The summed E-state index contributed by atoms with van der Waals surface area (Å²) in [6.07, 6.45) is 2.47. The first kappa shape index (κ1) is 14.7. The lowest BCUT2D eigenvalue weighted by atomic mass is 10.0. The van der Waals surface area contributed by atoms with Crippen LogP contribution in [0.1, 0.15) is 49.4 Å². The van der Waals surface area contributed by atoms with Gasteiger partial charge in [0.15, 0.2) is 5.69 Å². The molecule has 6 heteroatoms. The molecule has 0 saturated carbocycles. The van der Waals surface area contributed by atoms with E-state index in [1.807, 2.05) is 20.8 Å². The summed E-state index contributed by atoms with van der Waals surface area (Å²) in [5, 5.41) is 5.98. The quantitative estimate of drug-likeness (QED) is 0.874. The molecule has 0 aliphatic carbocycles. The Kier molecular flexibility index (Phi) is 4.23. The summed E-state index contributed by atoms with van der Waals surface area (Å²) in [5.41, 5.74) is 0.708. The van der Waals surface area contributed by atoms with Gasteiger partial charge in [-0.25, -0.2) is 9.97 Å². The summed E-state index contributed by atoms with van der Waals surface area (Å²) < 4.78 is 5.35. The van der Waals surface area contributed by atoms with Gasteiger partial charge in [-0.05, 0) is 13.3 Å². The van der Waals surface area contributed by atoms with Crippen LogP contribution in [0.2, 0.25) is 0 Å². The van der Waals surface area contributed by atoms with E-state index in [9.17, 15) is 4.79 Å². The highest BCUT2D eigenvalue weighted by atomic mass is 16.5. The number of hydrogen-bond donors (Lipinski definition) is 2. The molecule has 1 atom stereocenters. The zero-order chi connectivity index (χ0) is 14.8. The Morgan fingerprint density at radius 3 is 2.80 bits per heavy atom. The van der Waals surface area contributed by atoms with Crippen LogP contribution in [0.5, 0.6) is 0 Å². The molecule has 0 aromatic carbocycles. The van der Waals surface area contributed by atoms with E-state index in [0.717, 1.165) is 6.42 Å². The third kappa shape index (κ3) is 3.07. The Hall–Kier alpha value is -1.69. The number of ether oxygens (including phenoxy) is 1. The fourth-order valence-electron chi connectivity index (χ4n) is 2.13. The molecule has 1 amide bonds. The zero-order valence-corrected chi connectivity index (χ0v) is 12.5. The predicted octanol–water partition coefficient (Wildman–Crippen LogP) is 1.55. The number of rotatable bonds is 4. The van der Waals surface area contributed by atoms with Gasteiger partial charge in [-0.1, -0.05) is 13.8 Å². The molecule has 2 rings (SSSR count). The van der Waals surface area contributed by atoms with Crippen molar-refractivity contribution in [2.24, 2.45) is 0 Å². The lowest BCUT2D eigenvalue weighted by Crippen LogP contribution is -2.46. The van der Waals surface area contributed by atoms with Crippen LogP contribution in [0, 0.1) is 0 Å². The number of nitrogens with one attached hydrogen (secondary N) is 2. The van der Waals surface area contributed by atoms with E-state index in [2.05, 4.69) is 20.6 Å². The predicted molar refractivity (Wildman–Crippen MR) is 77.0 cm³/mol. The minimum Gasteiger partial charge on any atom is -0.385 e. The average molecular weight is 278 g/mol. The van der Waals surface area contributed by atoms with Crippen LogP contribution in [0.4, 0.5) is 5.69 Å².